The largest absolute Gasteiger partial charge is 0.494 e. The van der Waals surface area contributed by atoms with Crippen LogP contribution in [-0.2, 0) is 80.9 Å². The highest BCUT2D eigenvalue weighted by molar-refractivity contribution is 6.17. The van der Waals surface area contributed by atoms with Crippen LogP contribution in [0.25, 0.3) is 0 Å². The number of hydrogen-bond acceptors (Lipinski definition) is 19. The van der Waals surface area contributed by atoms with E-state index in [0.29, 0.717) is 24.7 Å². The zero-order valence-corrected chi connectivity index (χ0v) is 32.0. The van der Waals surface area contributed by atoms with Crippen molar-refractivity contribution in [3.63, 3.8) is 0 Å². The smallest absolute Gasteiger partial charge is 0.303 e. The summed E-state index contributed by atoms with van der Waals surface area (Å²) in [5.74, 6) is -4.82. The predicted molar refractivity (Wildman–Crippen MR) is 181 cm³/mol. The topological polar surface area (TPSA) is 230 Å². The molecule has 10 atom stereocenters. The molecule has 2 fully saturated rings. The molecule has 0 saturated carbocycles. The molecule has 306 valence electrons. The fraction of sp³-hybridized carbons (Fsp3) is 0.629. The van der Waals surface area contributed by atoms with Gasteiger partial charge in [0.25, 0.3) is 0 Å². The Morgan fingerprint density at radius 3 is 1.40 bits per heavy atom. The van der Waals surface area contributed by atoms with E-state index in [1.165, 1.54) is 12.1 Å². The Morgan fingerprint density at radius 1 is 0.527 bits per heavy atom. The standard InChI is InChI=1S/C35H45ClO19/c1-17(37)45-15-26-28(47-19(3)39)30(48-20(4)40)33(51-23(7)43)35(54-26)55-29-27(16-46-18(2)38)53-34(32(50-22(6)42)31(29)49-21(5)41)52-25-11-9-24(10-12-25)44-14-8-13-36/h9-12,26-35H,8,13-16H2,1-7H3/t26-,27-,28+,29-,30+,31+,32-,33-,34-,35+/m1/s1. The maximum absolute atomic E-state index is 12.6. The van der Waals surface area contributed by atoms with Crippen LogP contribution >= 0.6 is 11.6 Å². The van der Waals surface area contributed by atoms with Crippen LogP contribution in [-0.4, -0.2) is 129 Å². The van der Waals surface area contributed by atoms with E-state index in [-0.39, 0.29) is 5.75 Å². The minimum atomic E-state index is -1.81. The third-order valence-electron chi connectivity index (χ3n) is 7.51. The molecular weight excluding hydrogens is 760 g/mol. The summed E-state index contributed by atoms with van der Waals surface area (Å²) in [7, 11) is 0. The second kappa shape index (κ2) is 21.4. The summed E-state index contributed by atoms with van der Waals surface area (Å²) in [4.78, 5) is 86.0. The van der Waals surface area contributed by atoms with Crippen molar-refractivity contribution < 1.29 is 90.4 Å². The van der Waals surface area contributed by atoms with Crippen molar-refractivity contribution in [1.29, 1.82) is 0 Å². The van der Waals surface area contributed by atoms with Crippen LogP contribution in [0.4, 0.5) is 0 Å². The second-order valence-electron chi connectivity index (χ2n) is 12.1. The molecule has 0 radical (unpaired) electrons. The normalized spacial score (nSPS) is 27.3. The summed E-state index contributed by atoms with van der Waals surface area (Å²) >= 11 is 5.72. The molecule has 0 amide bonds. The summed E-state index contributed by atoms with van der Waals surface area (Å²) in [6.45, 7) is 6.70. The third kappa shape index (κ3) is 14.1. The Balaban J connectivity index is 2.12. The number of alkyl halides is 1. The van der Waals surface area contributed by atoms with Crippen molar-refractivity contribution in [1.82, 2.24) is 0 Å². The molecule has 2 aliphatic heterocycles. The summed E-state index contributed by atoms with van der Waals surface area (Å²) < 4.78 is 68.3. The zero-order chi connectivity index (χ0) is 40.8. The van der Waals surface area contributed by atoms with Crippen LogP contribution in [0.2, 0.25) is 0 Å². The Bertz CT molecular complexity index is 1500. The second-order valence-corrected chi connectivity index (χ2v) is 12.5. The van der Waals surface area contributed by atoms with Gasteiger partial charge in [0.2, 0.25) is 12.4 Å². The van der Waals surface area contributed by atoms with Gasteiger partial charge in [-0.1, -0.05) is 0 Å². The summed E-state index contributed by atoms with van der Waals surface area (Å²) in [5.41, 5.74) is 0. The maximum atomic E-state index is 12.6. The van der Waals surface area contributed by atoms with Crippen LogP contribution in [0, 0.1) is 0 Å². The Morgan fingerprint density at radius 2 is 0.927 bits per heavy atom. The fourth-order valence-corrected chi connectivity index (χ4v) is 5.67. The van der Waals surface area contributed by atoms with E-state index in [4.69, 9.17) is 68.4 Å². The molecule has 0 aromatic heterocycles. The van der Waals surface area contributed by atoms with Gasteiger partial charge in [-0.3, -0.25) is 33.6 Å². The van der Waals surface area contributed by atoms with E-state index in [0.717, 1.165) is 48.5 Å². The van der Waals surface area contributed by atoms with Crippen LogP contribution < -0.4 is 9.47 Å². The molecule has 19 nitrogen and oxygen atoms in total. The Kier molecular flexibility index (Phi) is 17.4. The van der Waals surface area contributed by atoms with Crippen LogP contribution in [0.5, 0.6) is 11.5 Å². The average Bonchev–Trinajstić information content (AvgIpc) is 3.08. The number of ether oxygens (including phenoxy) is 12. The third-order valence-corrected chi connectivity index (χ3v) is 7.78. The van der Waals surface area contributed by atoms with E-state index in [1.54, 1.807) is 12.1 Å². The van der Waals surface area contributed by atoms with Gasteiger partial charge in [0.15, 0.2) is 30.7 Å². The zero-order valence-electron chi connectivity index (χ0n) is 31.3. The molecule has 20 heteroatoms. The van der Waals surface area contributed by atoms with Gasteiger partial charge in [-0.25, -0.2) is 0 Å². The van der Waals surface area contributed by atoms with Gasteiger partial charge in [-0.05, 0) is 30.7 Å². The summed E-state index contributed by atoms with van der Waals surface area (Å²) in [6.07, 6.45) is -15.2. The highest BCUT2D eigenvalue weighted by Gasteiger charge is 2.58. The molecule has 1 aromatic carbocycles. The number of hydrogen-bond donors (Lipinski definition) is 0. The van der Waals surface area contributed by atoms with Gasteiger partial charge >= 0.3 is 41.8 Å². The quantitative estimate of drug-likeness (QED) is 0.0944. The lowest BCUT2D eigenvalue weighted by Crippen LogP contribution is -2.67. The minimum Gasteiger partial charge on any atom is -0.494 e. The first-order chi connectivity index (χ1) is 26.0. The van der Waals surface area contributed by atoms with Gasteiger partial charge in [0.05, 0.1) is 6.61 Å². The van der Waals surface area contributed by atoms with Crippen molar-refractivity contribution in [2.75, 3.05) is 25.7 Å². The maximum Gasteiger partial charge on any atom is 0.303 e. The highest BCUT2D eigenvalue weighted by atomic mass is 35.5. The monoisotopic (exact) mass is 804 g/mol. The highest BCUT2D eigenvalue weighted by Crippen LogP contribution is 2.36. The molecule has 0 spiro atoms. The fourth-order valence-electron chi connectivity index (χ4n) is 5.56. The number of carbonyl (C=O) groups is 7. The molecule has 1 aromatic rings. The molecule has 0 unspecified atom stereocenters. The van der Waals surface area contributed by atoms with Crippen molar-refractivity contribution >= 4 is 53.4 Å². The van der Waals surface area contributed by atoms with Gasteiger partial charge in [-0.2, -0.15) is 0 Å². The molecule has 2 saturated heterocycles. The van der Waals surface area contributed by atoms with Crippen LogP contribution in [0.3, 0.4) is 0 Å². The molecular formula is C35H45ClO19. The van der Waals surface area contributed by atoms with Crippen LogP contribution in [0.15, 0.2) is 24.3 Å². The molecule has 0 bridgehead atoms. The lowest BCUT2D eigenvalue weighted by Gasteiger charge is -2.48. The first-order valence-corrected chi connectivity index (χ1v) is 17.6. The lowest BCUT2D eigenvalue weighted by atomic mass is 9.96. The number of benzene rings is 1. The SMILES string of the molecule is CC(=O)OC[C@H]1O[C@@H](O[C@H]2[C@H](OC(C)=O)[C@@H](OC(C)=O)[C@H](Oc3ccc(OCCCCl)cc3)O[C@@H]2COC(C)=O)[C@H](OC(C)=O)[C@@H](OC(C)=O)[C@H]1OC(C)=O. The number of carbonyl (C=O) groups excluding carboxylic acids is 7. The lowest BCUT2D eigenvalue weighted by molar-refractivity contribution is -0.354. The van der Waals surface area contributed by atoms with Crippen LogP contribution in [0.1, 0.15) is 54.9 Å². The van der Waals surface area contributed by atoms with E-state index in [2.05, 4.69) is 0 Å². The van der Waals surface area contributed by atoms with Crippen molar-refractivity contribution in [3.05, 3.63) is 24.3 Å². The van der Waals surface area contributed by atoms with Gasteiger partial charge in [-0.15, -0.1) is 11.6 Å². The number of halogens is 1. The molecule has 3 rings (SSSR count). The predicted octanol–water partition coefficient (Wildman–Crippen LogP) is 1.69. The van der Waals surface area contributed by atoms with E-state index in [1.807, 2.05) is 0 Å². The summed E-state index contributed by atoms with van der Waals surface area (Å²) in [5, 5.41) is 0. The Labute approximate surface area is 321 Å². The van der Waals surface area contributed by atoms with Gasteiger partial charge in [0.1, 0.15) is 43.0 Å². The first-order valence-electron chi connectivity index (χ1n) is 17.0. The van der Waals surface area contributed by atoms with E-state index in [9.17, 15) is 33.6 Å². The van der Waals surface area contributed by atoms with Crippen molar-refractivity contribution in [3.8, 4) is 11.5 Å². The van der Waals surface area contributed by atoms with Gasteiger partial charge in [0, 0.05) is 54.3 Å². The van der Waals surface area contributed by atoms with Crippen molar-refractivity contribution in [2.45, 2.75) is 116 Å². The number of esters is 7. The van der Waals surface area contributed by atoms with E-state index >= 15 is 0 Å². The minimum absolute atomic E-state index is 0.193. The molecule has 55 heavy (non-hydrogen) atoms. The van der Waals surface area contributed by atoms with Gasteiger partial charge < -0.3 is 56.8 Å². The summed E-state index contributed by atoms with van der Waals surface area (Å²) in [6, 6.07) is 6.27. The first kappa shape index (κ1) is 44.7. The molecule has 2 aliphatic rings. The van der Waals surface area contributed by atoms with Crippen molar-refractivity contribution in [2.24, 2.45) is 0 Å². The van der Waals surface area contributed by atoms with E-state index < -0.39 is 116 Å². The average molecular weight is 805 g/mol. The molecule has 0 N–H and O–H groups in total. The molecule has 0 aliphatic carbocycles. The molecule has 2 heterocycles. The number of rotatable bonds is 17. The Hall–Kier alpha value is -4.72.